The van der Waals surface area contributed by atoms with Crippen LogP contribution in [0.25, 0.3) is 0 Å². The van der Waals surface area contributed by atoms with Crippen LogP contribution in [0.2, 0.25) is 0 Å². The van der Waals surface area contributed by atoms with Crippen LogP contribution in [-0.4, -0.2) is 33.2 Å². The zero-order valence-corrected chi connectivity index (χ0v) is 12.1. The van der Waals surface area contributed by atoms with Crippen LogP contribution in [0.15, 0.2) is 18.2 Å². The Morgan fingerprint density at radius 2 is 2.05 bits per heavy atom. The van der Waals surface area contributed by atoms with Crippen LogP contribution in [0.1, 0.15) is 18.4 Å². The van der Waals surface area contributed by atoms with E-state index in [0.717, 1.165) is 36.4 Å². The Bertz CT molecular complexity index is 458. The summed E-state index contributed by atoms with van der Waals surface area (Å²) in [6, 6.07) is 5.76. The van der Waals surface area contributed by atoms with Gasteiger partial charge in [-0.3, -0.25) is 4.79 Å². The monoisotopic (exact) mass is 278 g/mol. The Morgan fingerprint density at radius 1 is 1.25 bits per heavy atom. The Hall–Kier alpha value is -1.75. The van der Waals surface area contributed by atoms with Gasteiger partial charge in [0.1, 0.15) is 11.5 Å². The number of methoxy groups -OCH3 is 2. The molecule has 5 heteroatoms. The molecule has 5 nitrogen and oxygen atoms in total. The maximum absolute atomic E-state index is 11.4. The molecule has 1 fully saturated rings. The van der Waals surface area contributed by atoms with Crippen LogP contribution >= 0.6 is 0 Å². The molecule has 0 aliphatic heterocycles. The van der Waals surface area contributed by atoms with E-state index in [1.165, 1.54) is 0 Å². The van der Waals surface area contributed by atoms with Crippen molar-refractivity contribution in [3.05, 3.63) is 23.8 Å². The normalized spacial score (nSPS) is 13.9. The molecule has 110 valence electrons. The molecule has 0 heterocycles. The second kappa shape index (κ2) is 7.14. The summed E-state index contributed by atoms with van der Waals surface area (Å²) in [4.78, 5) is 11.4. The largest absolute Gasteiger partial charge is 0.497 e. The lowest BCUT2D eigenvalue weighted by Gasteiger charge is -2.11. The van der Waals surface area contributed by atoms with E-state index in [-0.39, 0.29) is 11.8 Å². The lowest BCUT2D eigenvalue weighted by Crippen LogP contribution is -2.32. The summed E-state index contributed by atoms with van der Waals surface area (Å²) < 4.78 is 10.5. The SMILES string of the molecule is COc1ccc(CNCCNC(=O)C2CC2)c(OC)c1. The summed E-state index contributed by atoms with van der Waals surface area (Å²) in [7, 11) is 3.28. The minimum Gasteiger partial charge on any atom is -0.497 e. The Kier molecular flexibility index (Phi) is 5.24. The van der Waals surface area contributed by atoms with Gasteiger partial charge in [0.05, 0.1) is 14.2 Å². The highest BCUT2D eigenvalue weighted by Crippen LogP contribution is 2.28. The number of amides is 1. The van der Waals surface area contributed by atoms with E-state index in [1.54, 1.807) is 14.2 Å². The van der Waals surface area contributed by atoms with E-state index in [4.69, 9.17) is 9.47 Å². The van der Waals surface area contributed by atoms with Crippen molar-refractivity contribution >= 4 is 5.91 Å². The van der Waals surface area contributed by atoms with Crippen molar-refractivity contribution in [3.8, 4) is 11.5 Å². The molecule has 1 aliphatic rings. The zero-order valence-electron chi connectivity index (χ0n) is 12.1. The van der Waals surface area contributed by atoms with Crippen molar-refractivity contribution in [1.29, 1.82) is 0 Å². The molecule has 0 radical (unpaired) electrons. The van der Waals surface area contributed by atoms with Gasteiger partial charge in [0.2, 0.25) is 5.91 Å². The molecule has 2 N–H and O–H groups in total. The van der Waals surface area contributed by atoms with Crippen molar-refractivity contribution in [2.24, 2.45) is 5.92 Å². The maximum Gasteiger partial charge on any atom is 0.223 e. The van der Waals surface area contributed by atoms with Crippen molar-refractivity contribution in [3.63, 3.8) is 0 Å². The number of nitrogens with one attached hydrogen (secondary N) is 2. The van der Waals surface area contributed by atoms with Gasteiger partial charge in [-0.05, 0) is 18.9 Å². The molecule has 1 amide bonds. The van der Waals surface area contributed by atoms with E-state index in [1.807, 2.05) is 18.2 Å². The van der Waals surface area contributed by atoms with Crippen LogP contribution in [0.4, 0.5) is 0 Å². The first-order valence-corrected chi connectivity index (χ1v) is 6.94. The summed E-state index contributed by atoms with van der Waals surface area (Å²) in [5.74, 6) is 2.05. The standard InChI is InChI=1S/C15H22N2O3/c1-19-13-6-5-12(14(9-13)20-2)10-16-7-8-17-15(18)11-3-4-11/h5-6,9,11,16H,3-4,7-8,10H2,1-2H3,(H,17,18). The predicted octanol–water partition coefficient (Wildman–Crippen LogP) is 1.32. The molecule has 0 aromatic heterocycles. The third-order valence-corrected chi connectivity index (χ3v) is 3.36. The number of benzene rings is 1. The molecule has 2 rings (SSSR count). The van der Waals surface area contributed by atoms with Crippen LogP contribution in [0.5, 0.6) is 11.5 Å². The first-order valence-electron chi connectivity index (χ1n) is 6.94. The lowest BCUT2D eigenvalue weighted by atomic mass is 10.2. The van der Waals surface area contributed by atoms with Gasteiger partial charge in [0.25, 0.3) is 0 Å². The summed E-state index contributed by atoms with van der Waals surface area (Å²) in [5.41, 5.74) is 1.07. The number of rotatable bonds is 8. The van der Waals surface area contributed by atoms with Gasteiger partial charge >= 0.3 is 0 Å². The van der Waals surface area contributed by atoms with Crippen LogP contribution in [0, 0.1) is 5.92 Å². The predicted molar refractivity (Wildman–Crippen MR) is 77.0 cm³/mol. The fraction of sp³-hybridized carbons (Fsp3) is 0.533. The second-order valence-corrected chi connectivity index (χ2v) is 4.92. The van der Waals surface area contributed by atoms with E-state index >= 15 is 0 Å². The molecular formula is C15H22N2O3. The zero-order chi connectivity index (χ0) is 14.4. The average Bonchev–Trinajstić information content (AvgIpc) is 3.31. The Morgan fingerprint density at radius 3 is 2.70 bits per heavy atom. The second-order valence-electron chi connectivity index (χ2n) is 4.92. The molecule has 1 aromatic rings. The van der Waals surface area contributed by atoms with Gasteiger partial charge in [-0.2, -0.15) is 0 Å². The maximum atomic E-state index is 11.4. The molecule has 0 spiro atoms. The van der Waals surface area contributed by atoms with Gasteiger partial charge in [0.15, 0.2) is 0 Å². The average molecular weight is 278 g/mol. The molecule has 0 unspecified atom stereocenters. The summed E-state index contributed by atoms with van der Waals surface area (Å²) >= 11 is 0. The van der Waals surface area contributed by atoms with Crippen LogP contribution < -0.4 is 20.1 Å². The first kappa shape index (κ1) is 14.7. The van der Waals surface area contributed by atoms with Gasteiger partial charge < -0.3 is 20.1 Å². The topological polar surface area (TPSA) is 59.6 Å². The molecule has 0 bridgehead atoms. The van der Waals surface area contributed by atoms with Crippen LogP contribution in [0.3, 0.4) is 0 Å². The summed E-state index contributed by atoms with van der Waals surface area (Å²) in [6.45, 7) is 2.11. The smallest absolute Gasteiger partial charge is 0.223 e. The molecule has 1 aromatic carbocycles. The molecular weight excluding hydrogens is 256 g/mol. The van der Waals surface area contributed by atoms with Crippen LogP contribution in [-0.2, 0) is 11.3 Å². The Labute approximate surface area is 119 Å². The summed E-state index contributed by atoms with van der Waals surface area (Å²) in [5, 5.41) is 6.22. The fourth-order valence-electron chi connectivity index (χ4n) is 1.98. The summed E-state index contributed by atoms with van der Waals surface area (Å²) in [6.07, 6.45) is 2.09. The number of carbonyl (C=O) groups is 1. The molecule has 0 atom stereocenters. The quantitative estimate of drug-likeness (QED) is 0.704. The van der Waals surface area contributed by atoms with E-state index in [2.05, 4.69) is 10.6 Å². The fourth-order valence-corrected chi connectivity index (χ4v) is 1.98. The van der Waals surface area contributed by atoms with E-state index < -0.39 is 0 Å². The Balaban J connectivity index is 1.71. The third kappa shape index (κ3) is 4.13. The van der Waals surface area contributed by atoms with Gasteiger partial charge in [-0.1, -0.05) is 6.07 Å². The number of hydrogen-bond donors (Lipinski definition) is 2. The number of ether oxygens (including phenoxy) is 2. The molecule has 1 saturated carbocycles. The highest BCUT2D eigenvalue weighted by molar-refractivity contribution is 5.80. The van der Waals surface area contributed by atoms with Crippen molar-refractivity contribution < 1.29 is 14.3 Å². The van der Waals surface area contributed by atoms with E-state index in [0.29, 0.717) is 13.1 Å². The van der Waals surface area contributed by atoms with Crippen molar-refractivity contribution in [2.45, 2.75) is 19.4 Å². The highest BCUT2D eigenvalue weighted by Gasteiger charge is 2.28. The van der Waals surface area contributed by atoms with E-state index in [9.17, 15) is 4.79 Å². The molecule has 0 saturated heterocycles. The number of hydrogen-bond acceptors (Lipinski definition) is 4. The molecule has 1 aliphatic carbocycles. The third-order valence-electron chi connectivity index (χ3n) is 3.36. The minimum absolute atomic E-state index is 0.189. The number of carbonyl (C=O) groups excluding carboxylic acids is 1. The highest BCUT2D eigenvalue weighted by atomic mass is 16.5. The first-order chi connectivity index (χ1) is 9.74. The molecule has 20 heavy (non-hydrogen) atoms. The minimum atomic E-state index is 0.189. The van der Waals surface area contributed by atoms with Gasteiger partial charge in [-0.15, -0.1) is 0 Å². The van der Waals surface area contributed by atoms with Gasteiger partial charge in [-0.25, -0.2) is 0 Å². The van der Waals surface area contributed by atoms with Crippen molar-refractivity contribution in [1.82, 2.24) is 10.6 Å². The van der Waals surface area contributed by atoms with Gasteiger partial charge in [0, 0.05) is 37.2 Å². The van der Waals surface area contributed by atoms with Crippen molar-refractivity contribution in [2.75, 3.05) is 27.3 Å². The lowest BCUT2D eigenvalue weighted by molar-refractivity contribution is -0.122.